The molecule has 0 spiro atoms. The second kappa shape index (κ2) is 5.97. The molecular weight excluding hydrogens is 373 g/mol. The molecule has 2 aliphatic rings. The van der Waals surface area contributed by atoms with E-state index in [1.54, 1.807) is 25.1 Å². The summed E-state index contributed by atoms with van der Waals surface area (Å²) in [5.41, 5.74) is -4.22. The van der Waals surface area contributed by atoms with E-state index >= 15 is 0 Å². The molecule has 0 saturated carbocycles. The molecule has 5 nitrogen and oxygen atoms in total. The Balaban J connectivity index is 2.04. The van der Waals surface area contributed by atoms with Gasteiger partial charge in [0.25, 0.3) is 0 Å². The molecule has 0 bridgehead atoms. The maximum atomic E-state index is 12.7. The third-order valence-electron chi connectivity index (χ3n) is 4.66. The van der Waals surface area contributed by atoms with Crippen molar-refractivity contribution in [3.05, 3.63) is 41.0 Å². The molecule has 144 valence electrons. The first-order valence-electron chi connectivity index (χ1n) is 8.00. The molecule has 0 amide bonds. The Morgan fingerprint density at radius 1 is 1.12 bits per heavy atom. The van der Waals surface area contributed by atoms with E-state index in [-0.39, 0.29) is 5.76 Å². The fourth-order valence-electron chi connectivity index (χ4n) is 3.09. The summed E-state index contributed by atoms with van der Waals surface area (Å²) in [5.74, 6) is -1.26. The van der Waals surface area contributed by atoms with Gasteiger partial charge in [-0.3, -0.25) is 0 Å². The van der Waals surface area contributed by atoms with Gasteiger partial charge in [0.2, 0.25) is 0 Å². The van der Waals surface area contributed by atoms with Crippen LogP contribution in [0.4, 0.5) is 13.2 Å². The largest absolute Gasteiger partial charge is 0.534 e. The van der Waals surface area contributed by atoms with Gasteiger partial charge < -0.3 is 13.7 Å². The van der Waals surface area contributed by atoms with Crippen LogP contribution in [0.3, 0.4) is 0 Å². The fourth-order valence-corrected chi connectivity index (χ4v) is 3.58. The van der Waals surface area contributed by atoms with Gasteiger partial charge in [0.1, 0.15) is 5.76 Å². The van der Waals surface area contributed by atoms with Gasteiger partial charge in [0, 0.05) is 11.1 Å². The van der Waals surface area contributed by atoms with E-state index in [4.69, 9.17) is 9.47 Å². The average Bonchev–Trinajstić information content (AvgIpc) is 2.97. The van der Waals surface area contributed by atoms with Gasteiger partial charge in [-0.2, -0.15) is 21.6 Å². The van der Waals surface area contributed by atoms with Gasteiger partial charge in [0.05, 0.1) is 13.2 Å². The van der Waals surface area contributed by atoms with E-state index in [0.717, 1.165) is 0 Å². The monoisotopic (exact) mass is 392 g/mol. The SMILES string of the molecule is CC1(C)CC=C(OS(=O)(=O)C(F)(F)F)c2ccc(C3(C)OCCO3)cc21. The lowest BCUT2D eigenvalue weighted by atomic mass is 9.74. The van der Waals surface area contributed by atoms with Gasteiger partial charge in [-0.25, -0.2) is 0 Å². The minimum absolute atomic E-state index is 0.305. The lowest BCUT2D eigenvalue weighted by Crippen LogP contribution is -2.29. The van der Waals surface area contributed by atoms with Gasteiger partial charge in [-0.1, -0.05) is 26.0 Å². The van der Waals surface area contributed by atoms with E-state index in [2.05, 4.69) is 4.18 Å². The molecule has 1 aromatic carbocycles. The van der Waals surface area contributed by atoms with Crippen molar-refractivity contribution in [2.24, 2.45) is 0 Å². The standard InChI is InChI=1S/C17H19F3O5S/c1-15(2)7-6-14(25-26(21,22)17(18,19)20)12-5-4-11(10-13(12)15)16(3)23-8-9-24-16/h4-6,10H,7-9H2,1-3H3. The number of alkyl halides is 3. The molecule has 9 heteroatoms. The number of ether oxygens (including phenoxy) is 2. The Hall–Kier alpha value is -1.58. The van der Waals surface area contributed by atoms with Crippen LogP contribution in [-0.4, -0.2) is 27.1 Å². The van der Waals surface area contributed by atoms with E-state index in [9.17, 15) is 21.6 Å². The lowest BCUT2D eigenvalue weighted by molar-refractivity contribution is -0.149. The van der Waals surface area contributed by atoms with Gasteiger partial charge >= 0.3 is 15.6 Å². The number of halogens is 3. The van der Waals surface area contributed by atoms with Crippen molar-refractivity contribution in [3.63, 3.8) is 0 Å². The van der Waals surface area contributed by atoms with Crippen molar-refractivity contribution < 1.29 is 35.2 Å². The minimum Gasteiger partial charge on any atom is -0.376 e. The van der Waals surface area contributed by atoms with Crippen LogP contribution in [0.1, 0.15) is 43.9 Å². The van der Waals surface area contributed by atoms with E-state index in [1.807, 2.05) is 13.8 Å². The predicted octanol–water partition coefficient (Wildman–Crippen LogP) is 3.79. The van der Waals surface area contributed by atoms with Crippen LogP contribution in [0, 0.1) is 0 Å². The summed E-state index contributed by atoms with van der Waals surface area (Å²) in [5, 5.41) is 0. The smallest absolute Gasteiger partial charge is 0.376 e. The van der Waals surface area contributed by atoms with Gasteiger partial charge in [0.15, 0.2) is 5.79 Å². The molecule has 3 rings (SSSR count). The van der Waals surface area contributed by atoms with Crippen LogP contribution in [0.5, 0.6) is 0 Å². The summed E-state index contributed by atoms with van der Waals surface area (Å²) >= 11 is 0. The molecule has 1 saturated heterocycles. The quantitative estimate of drug-likeness (QED) is 0.579. The van der Waals surface area contributed by atoms with Crippen LogP contribution in [0.15, 0.2) is 24.3 Å². The van der Waals surface area contributed by atoms with Crippen LogP contribution in [-0.2, 0) is 35.0 Å². The van der Waals surface area contributed by atoms with Crippen LogP contribution in [0.2, 0.25) is 0 Å². The lowest BCUT2D eigenvalue weighted by Gasteiger charge is -2.33. The minimum atomic E-state index is -5.73. The van der Waals surface area contributed by atoms with Crippen LogP contribution >= 0.6 is 0 Å². The Morgan fingerprint density at radius 2 is 1.73 bits per heavy atom. The van der Waals surface area contributed by atoms with Crippen molar-refractivity contribution in [1.82, 2.24) is 0 Å². The molecule has 0 N–H and O–H groups in total. The summed E-state index contributed by atoms with van der Waals surface area (Å²) in [6.07, 6.45) is 1.69. The van der Waals surface area contributed by atoms with Crippen molar-refractivity contribution in [2.45, 2.75) is 43.9 Å². The molecule has 0 aromatic heterocycles. The average molecular weight is 392 g/mol. The normalized spacial score (nSPS) is 21.8. The van der Waals surface area contributed by atoms with Crippen molar-refractivity contribution in [2.75, 3.05) is 13.2 Å². The van der Waals surface area contributed by atoms with Crippen molar-refractivity contribution >= 4 is 15.9 Å². The maximum Gasteiger partial charge on any atom is 0.534 e. The zero-order chi connectivity index (χ0) is 19.4. The summed E-state index contributed by atoms with van der Waals surface area (Å²) in [6, 6.07) is 4.96. The molecule has 0 radical (unpaired) electrons. The Kier molecular flexibility index (Phi) is 4.40. The molecule has 1 fully saturated rings. The first-order chi connectivity index (χ1) is 11.9. The molecule has 1 heterocycles. The Bertz CT molecular complexity index is 850. The number of fused-ring (bicyclic) bond motifs is 1. The summed E-state index contributed by atoms with van der Waals surface area (Å²) in [4.78, 5) is 0. The second-order valence-electron chi connectivity index (χ2n) is 7.04. The second-order valence-corrected chi connectivity index (χ2v) is 8.58. The molecule has 0 unspecified atom stereocenters. The zero-order valence-corrected chi connectivity index (χ0v) is 15.3. The van der Waals surface area contributed by atoms with Crippen molar-refractivity contribution in [3.8, 4) is 0 Å². The highest BCUT2D eigenvalue weighted by Crippen LogP contribution is 2.43. The zero-order valence-electron chi connectivity index (χ0n) is 14.5. The topological polar surface area (TPSA) is 61.8 Å². The third-order valence-corrected chi connectivity index (χ3v) is 5.62. The number of rotatable bonds is 3. The van der Waals surface area contributed by atoms with Gasteiger partial charge in [-0.05, 0) is 36.5 Å². The Labute approximate surface area is 149 Å². The first kappa shape index (κ1) is 19.2. The molecule has 1 aromatic rings. The third kappa shape index (κ3) is 3.23. The van der Waals surface area contributed by atoms with E-state index in [1.165, 1.54) is 6.08 Å². The molecule has 1 aliphatic heterocycles. The summed E-state index contributed by atoms with van der Waals surface area (Å²) < 4.78 is 76.4. The highest BCUT2D eigenvalue weighted by atomic mass is 32.2. The number of allylic oxidation sites excluding steroid dienone is 1. The molecule has 0 atom stereocenters. The van der Waals surface area contributed by atoms with Crippen LogP contribution < -0.4 is 0 Å². The van der Waals surface area contributed by atoms with E-state index < -0.39 is 26.8 Å². The number of benzene rings is 1. The highest BCUT2D eigenvalue weighted by Gasteiger charge is 2.49. The predicted molar refractivity (Wildman–Crippen MR) is 87.4 cm³/mol. The molecule has 26 heavy (non-hydrogen) atoms. The van der Waals surface area contributed by atoms with Crippen molar-refractivity contribution in [1.29, 1.82) is 0 Å². The number of hydrogen-bond donors (Lipinski definition) is 0. The fraction of sp³-hybridized carbons (Fsp3) is 0.529. The Morgan fingerprint density at radius 3 is 2.31 bits per heavy atom. The summed E-state index contributed by atoms with van der Waals surface area (Å²) in [6.45, 7) is 6.47. The number of hydrogen-bond acceptors (Lipinski definition) is 5. The molecular formula is C17H19F3O5S. The van der Waals surface area contributed by atoms with Crippen LogP contribution in [0.25, 0.3) is 5.76 Å². The molecule has 1 aliphatic carbocycles. The first-order valence-corrected chi connectivity index (χ1v) is 9.41. The highest BCUT2D eigenvalue weighted by molar-refractivity contribution is 7.87. The summed E-state index contributed by atoms with van der Waals surface area (Å²) in [7, 11) is -5.73. The van der Waals surface area contributed by atoms with Gasteiger partial charge in [-0.15, -0.1) is 0 Å². The maximum absolute atomic E-state index is 12.7. The van der Waals surface area contributed by atoms with E-state index in [0.29, 0.717) is 36.3 Å².